The van der Waals surface area contributed by atoms with Crippen molar-refractivity contribution in [1.82, 2.24) is 9.29 Å². The SMILES string of the molecule is CNc1cccnc1S(=O)(=O)N(C)CCC(C)O. The summed E-state index contributed by atoms with van der Waals surface area (Å²) < 4.78 is 25.7. The molecule has 1 unspecified atom stereocenters. The summed E-state index contributed by atoms with van der Waals surface area (Å²) in [6.45, 7) is 1.87. The lowest BCUT2D eigenvalue weighted by molar-refractivity contribution is 0.177. The summed E-state index contributed by atoms with van der Waals surface area (Å²) in [6, 6.07) is 3.32. The topological polar surface area (TPSA) is 82.5 Å². The molecule has 1 heterocycles. The monoisotopic (exact) mass is 273 g/mol. The zero-order valence-corrected chi connectivity index (χ0v) is 11.6. The Hall–Kier alpha value is -1.18. The van der Waals surface area contributed by atoms with Gasteiger partial charge in [0.05, 0.1) is 11.8 Å². The van der Waals surface area contributed by atoms with E-state index in [1.807, 2.05) is 0 Å². The molecule has 0 radical (unpaired) electrons. The fourth-order valence-corrected chi connectivity index (χ4v) is 2.71. The van der Waals surface area contributed by atoms with Gasteiger partial charge in [-0.15, -0.1) is 0 Å². The van der Waals surface area contributed by atoms with Gasteiger partial charge in [0.15, 0.2) is 5.03 Å². The normalized spacial score (nSPS) is 13.6. The van der Waals surface area contributed by atoms with E-state index >= 15 is 0 Å². The van der Waals surface area contributed by atoms with E-state index in [0.717, 1.165) is 0 Å². The van der Waals surface area contributed by atoms with Gasteiger partial charge >= 0.3 is 0 Å². The maximum atomic E-state index is 12.3. The van der Waals surface area contributed by atoms with Crippen LogP contribution in [0.15, 0.2) is 23.4 Å². The van der Waals surface area contributed by atoms with Crippen LogP contribution in [0.4, 0.5) is 5.69 Å². The van der Waals surface area contributed by atoms with Gasteiger partial charge < -0.3 is 10.4 Å². The molecule has 1 rings (SSSR count). The maximum Gasteiger partial charge on any atom is 0.262 e. The van der Waals surface area contributed by atoms with Crippen molar-refractivity contribution in [3.63, 3.8) is 0 Å². The third kappa shape index (κ3) is 3.41. The molecule has 6 nitrogen and oxygen atoms in total. The quantitative estimate of drug-likeness (QED) is 0.789. The van der Waals surface area contributed by atoms with E-state index < -0.39 is 16.1 Å². The average Bonchev–Trinajstić information content (AvgIpc) is 2.35. The number of anilines is 1. The van der Waals surface area contributed by atoms with Crippen LogP contribution in [0.5, 0.6) is 0 Å². The van der Waals surface area contributed by atoms with Gasteiger partial charge in [-0.25, -0.2) is 13.4 Å². The highest BCUT2D eigenvalue weighted by molar-refractivity contribution is 7.89. The van der Waals surface area contributed by atoms with E-state index in [4.69, 9.17) is 0 Å². The highest BCUT2D eigenvalue weighted by Crippen LogP contribution is 2.20. The Labute approximate surface area is 108 Å². The van der Waals surface area contributed by atoms with Crippen LogP contribution in [0, 0.1) is 0 Å². The first kappa shape index (κ1) is 14.9. The molecule has 1 aromatic rings. The van der Waals surface area contributed by atoms with Crippen LogP contribution < -0.4 is 5.32 Å². The number of aromatic nitrogens is 1. The van der Waals surface area contributed by atoms with E-state index in [2.05, 4.69) is 10.3 Å². The number of rotatable bonds is 6. The fourth-order valence-electron chi connectivity index (χ4n) is 1.42. The minimum atomic E-state index is -3.63. The van der Waals surface area contributed by atoms with Crippen LogP contribution in [0.2, 0.25) is 0 Å². The summed E-state index contributed by atoms with van der Waals surface area (Å²) in [7, 11) is -0.506. The van der Waals surface area contributed by atoms with Crippen LogP contribution in [-0.4, -0.2) is 49.6 Å². The van der Waals surface area contributed by atoms with Crippen molar-refractivity contribution < 1.29 is 13.5 Å². The number of nitrogens with one attached hydrogen (secondary N) is 1. The number of aliphatic hydroxyl groups is 1. The zero-order valence-electron chi connectivity index (χ0n) is 10.8. The molecule has 1 atom stereocenters. The molecular formula is C11H19N3O3S. The molecule has 0 aliphatic heterocycles. The molecule has 0 aliphatic rings. The smallest absolute Gasteiger partial charge is 0.262 e. The molecule has 0 saturated heterocycles. The second-order valence-corrected chi connectivity index (χ2v) is 6.03. The van der Waals surface area contributed by atoms with Crippen molar-refractivity contribution in [2.24, 2.45) is 0 Å². The van der Waals surface area contributed by atoms with Gasteiger partial charge in [-0.05, 0) is 25.5 Å². The van der Waals surface area contributed by atoms with Crippen molar-refractivity contribution in [3.8, 4) is 0 Å². The summed E-state index contributed by atoms with van der Waals surface area (Å²) in [5, 5.41) is 12.0. The van der Waals surface area contributed by atoms with Gasteiger partial charge in [0, 0.05) is 26.8 Å². The van der Waals surface area contributed by atoms with Crippen molar-refractivity contribution in [2.45, 2.75) is 24.5 Å². The summed E-state index contributed by atoms with van der Waals surface area (Å²) in [6.07, 6.45) is 1.29. The van der Waals surface area contributed by atoms with E-state index in [9.17, 15) is 13.5 Å². The number of aliphatic hydroxyl groups excluding tert-OH is 1. The van der Waals surface area contributed by atoms with Crippen molar-refractivity contribution in [1.29, 1.82) is 0 Å². The van der Waals surface area contributed by atoms with Crippen LogP contribution >= 0.6 is 0 Å². The molecule has 0 fully saturated rings. The Balaban J connectivity index is 2.98. The van der Waals surface area contributed by atoms with Gasteiger partial charge in [0.1, 0.15) is 0 Å². The zero-order chi connectivity index (χ0) is 13.8. The maximum absolute atomic E-state index is 12.3. The van der Waals surface area contributed by atoms with E-state index in [1.165, 1.54) is 17.5 Å². The third-order valence-corrected chi connectivity index (χ3v) is 4.37. The first-order valence-electron chi connectivity index (χ1n) is 5.66. The molecule has 0 aromatic carbocycles. The Kier molecular flexibility index (Phi) is 5.06. The molecule has 7 heteroatoms. The molecule has 18 heavy (non-hydrogen) atoms. The van der Waals surface area contributed by atoms with Gasteiger partial charge in [-0.1, -0.05) is 0 Å². The molecule has 102 valence electrons. The standard InChI is InChI=1S/C11H19N3O3S/c1-9(15)6-8-14(3)18(16,17)11-10(12-2)5-4-7-13-11/h4-5,7,9,12,15H,6,8H2,1-3H3. The number of pyridine rings is 1. The van der Waals surface area contributed by atoms with Crippen molar-refractivity contribution in [2.75, 3.05) is 26.0 Å². The van der Waals surface area contributed by atoms with Gasteiger partial charge in [-0.3, -0.25) is 0 Å². The second kappa shape index (κ2) is 6.12. The number of sulfonamides is 1. The van der Waals surface area contributed by atoms with Gasteiger partial charge in [0.25, 0.3) is 10.0 Å². The Morgan fingerprint density at radius 1 is 1.56 bits per heavy atom. The third-order valence-electron chi connectivity index (χ3n) is 2.56. The second-order valence-electron chi connectivity index (χ2n) is 4.07. The number of nitrogens with zero attached hydrogens (tertiary/aromatic N) is 2. The molecule has 0 aliphatic carbocycles. The van der Waals surface area contributed by atoms with Crippen LogP contribution in [-0.2, 0) is 10.0 Å². The average molecular weight is 273 g/mol. The van der Waals surface area contributed by atoms with Crippen molar-refractivity contribution in [3.05, 3.63) is 18.3 Å². The minimum Gasteiger partial charge on any atom is -0.393 e. The predicted molar refractivity (Wildman–Crippen MR) is 69.9 cm³/mol. The Morgan fingerprint density at radius 2 is 2.22 bits per heavy atom. The lowest BCUT2D eigenvalue weighted by atomic mass is 10.3. The largest absolute Gasteiger partial charge is 0.393 e. The summed E-state index contributed by atoms with van der Waals surface area (Å²) in [5.41, 5.74) is 0.460. The van der Waals surface area contributed by atoms with Crippen LogP contribution in [0.25, 0.3) is 0 Å². The number of hydrogen-bond acceptors (Lipinski definition) is 5. The Bertz CT molecular complexity index is 488. The molecule has 0 spiro atoms. The van der Waals surface area contributed by atoms with Gasteiger partial charge in [-0.2, -0.15) is 4.31 Å². The van der Waals surface area contributed by atoms with Crippen molar-refractivity contribution >= 4 is 15.7 Å². The van der Waals surface area contributed by atoms with Crippen LogP contribution in [0.1, 0.15) is 13.3 Å². The highest BCUT2D eigenvalue weighted by atomic mass is 32.2. The molecule has 0 bridgehead atoms. The van der Waals surface area contributed by atoms with E-state index in [0.29, 0.717) is 12.1 Å². The molecule has 2 N–H and O–H groups in total. The molecule has 0 saturated carbocycles. The lowest BCUT2D eigenvalue weighted by Crippen LogP contribution is -2.30. The minimum absolute atomic E-state index is 0.000549. The predicted octanol–water partition coefficient (Wildman–Crippen LogP) is 0.515. The fraction of sp³-hybridized carbons (Fsp3) is 0.545. The molecular weight excluding hydrogens is 254 g/mol. The molecule has 0 amide bonds. The summed E-state index contributed by atoms with van der Waals surface area (Å²) in [5.74, 6) is 0. The summed E-state index contributed by atoms with van der Waals surface area (Å²) >= 11 is 0. The first-order valence-corrected chi connectivity index (χ1v) is 7.10. The summed E-state index contributed by atoms with van der Waals surface area (Å²) in [4.78, 5) is 3.91. The van der Waals surface area contributed by atoms with Crippen LogP contribution in [0.3, 0.4) is 0 Å². The van der Waals surface area contributed by atoms with E-state index in [-0.39, 0.29) is 11.6 Å². The highest BCUT2D eigenvalue weighted by Gasteiger charge is 2.25. The first-order chi connectivity index (χ1) is 8.39. The lowest BCUT2D eigenvalue weighted by Gasteiger charge is -2.18. The molecule has 1 aromatic heterocycles. The van der Waals surface area contributed by atoms with Gasteiger partial charge in [0.2, 0.25) is 0 Å². The Morgan fingerprint density at radius 3 is 2.78 bits per heavy atom. The van der Waals surface area contributed by atoms with E-state index in [1.54, 1.807) is 26.1 Å². The number of hydrogen-bond donors (Lipinski definition) is 2.